The lowest BCUT2D eigenvalue weighted by atomic mass is 9.96. The van der Waals surface area contributed by atoms with Crippen molar-refractivity contribution in [2.24, 2.45) is 0 Å². The monoisotopic (exact) mass is 297 g/mol. The molecule has 2 aromatic heterocycles. The van der Waals surface area contributed by atoms with Crippen LogP contribution in [0.3, 0.4) is 0 Å². The summed E-state index contributed by atoms with van der Waals surface area (Å²) in [4.78, 5) is 9.02. The molecule has 0 bridgehead atoms. The van der Waals surface area contributed by atoms with E-state index in [1.54, 1.807) is 18.0 Å². The van der Waals surface area contributed by atoms with Crippen molar-refractivity contribution in [3.63, 3.8) is 0 Å². The van der Waals surface area contributed by atoms with Gasteiger partial charge < -0.3 is 4.74 Å². The van der Waals surface area contributed by atoms with Gasteiger partial charge in [0.2, 0.25) is 0 Å². The van der Waals surface area contributed by atoms with Crippen molar-refractivity contribution in [3.05, 3.63) is 41.9 Å². The molecule has 114 valence electrons. The molecule has 3 aromatic rings. The highest BCUT2D eigenvalue weighted by molar-refractivity contribution is 5.68. The molecule has 0 unspecified atom stereocenters. The van der Waals surface area contributed by atoms with E-state index in [1.165, 1.54) is 0 Å². The quantitative estimate of drug-likeness (QED) is 0.743. The molecule has 0 aliphatic rings. The number of aromatic nitrogens is 5. The zero-order valence-electron chi connectivity index (χ0n) is 13.2. The van der Waals surface area contributed by atoms with E-state index in [9.17, 15) is 0 Å². The Morgan fingerprint density at radius 3 is 2.50 bits per heavy atom. The highest BCUT2D eigenvalue weighted by atomic mass is 16.5. The van der Waals surface area contributed by atoms with E-state index in [0.29, 0.717) is 12.1 Å². The molecule has 3 rings (SSSR count). The summed E-state index contributed by atoms with van der Waals surface area (Å²) >= 11 is 0. The molecule has 0 fully saturated rings. The van der Waals surface area contributed by atoms with Crippen LogP contribution in [0, 0.1) is 0 Å². The van der Waals surface area contributed by atoms with Gasteiger partial charge in [0.15, 0.2) is 11.2 Å². The van der Waals surface area contributed by atoms with Crippen molar-refractivity contribution in [3.8, 4) is 5.75 Å². The number of hydrogen-bond donors (Lipinski definition) is 0. The third-order valence-electron chi connectivity index (χ3n) is 3.42. The van der Waals surface area contributed by atoms with Gasteiger partial charge in [0.25, 0.3) is 0 Å². The second kappa shape index (κ2) is 5.36. The summed E-state index contributed by atoms with van der Waals surface area (Å²) in [7, 11) is 1.66. The lowest BCUT2D eigenvalue weighted by Gasteiger charge is -2.15. The Hall–Kier alpha value is -2.50. The zero-order valence-corrected chi connectivity index (χ0v) is 13.2. The minimum atomic E-state index is -0.108. The van der Waals surface area contributed by atoms with E-state index < -0.39 is 0 Å². The summed E-state index contributed by atoms with van der Waals surface area (Å²) in [5.41, 5.74) is 2.48. The summed E-state index contributed by atoms with van der Waals surface area (Å²) in [5.74, 6) is 1.63. The largest absolute Gasteiger partial charge is 0.497 e. The van der Waals surface area contributed by atoms with Crippen LogP contribution >= 0.6 is 0 Å². The van der Waals surface area contributed by atoms with Crippen molar-refractivity contribution in [2.75, 3.05) is 7.11 Å². The van der Waals surface area contributed by atoms with Gasteiger partial charge in [-0.25, -0.2) is 14.6 Å². The molecule has 6 heteroatoms. The number of fused-ring (bicyclic) bond motifs is 1. The standard InChI is InChI=1S/C16H19N5O/c1-16(2,3)15-17-9-13-14(18-15)21(20-19-13)10-11-5-7-12(22-4)8-6-11/h5-9H,10H2,1-4H3. The average molecular weight is 297 g/mol. The van der Waals surface area contributed by atoms with Crippen LogP contribution in [0.15, 0.2) is 30.5 Å². The van der Waals surface area contributed by atoms with Crippen LogP contribution in [-0.2, 0) is 12.0 Å². The summed E-state index contributed by atoms with van der Waals surface area (Å²) in [6.45, 7) is 6.88. The molecule has 0 aliphatic carbocycles. The van der Waals surface area contributed by atoms with E-state index >= 15 is 0 Å². The smallest absolute Gasteiger partial charge is 0.182 e. The Balaban J connectivity index is 1.96. The lowest BCUT2D eigenvalue weighted by molar-refractivity contribution is 0.414. The first-order chi connectivity index (χ1) is 10.5. The summed E-state index contributed by atoms with van der Waals surface area (Å²) < 4.78 is 6.97. The Morgan fingerprint density at radius 1 is 1.14 bits per heavy atom. The topological polar surface area (TPSA) is 65.7 Å². The number of ether oxygens (including phenoxy) is 1. The molecular weight excluding hydrogens is 278 g/mol. The van der Waals surface area contributed by atoms with Crippen molar-refractivity contribution >= 4 is 11.2 Å². The molecule has 0 atom stereocenters. The number of benzene rings is 1. The van der Waals surface area contributed by atoms with Gasteiger partial charge in [-0.2, -0.15) is 0 Å². The van der Waals surface area contributed by atoms with Crippen LogP contribution in [0.5, 0.6) is 5.75 Å². The molecular formula is C16H19N5O. The fourth-order valence-electron chi connectivity index (χ4n) is 2.14. The van der Waals surface area contributed by atoms with E-state index in [1.807, 2.05) is 24.3 Å². The van der Waals surface area contributed by atoms with Gasteiger partial charge in [0.1, 0.15) is 11.6 Å². The lowest BCUT2D eigenvalue weighted by Crippen LogP contribution is -2.16. The maximum absolute atomic E-state index is 5.17. The molecule has 0 saturated heterocycles. The van der Waals surface area contributed by atoms with Crippen LogP contribution < -0.4 is 4.74 Å². The Kier molecular flexibility index (Phi) is 3.52. The van der Waals surface area contributed by atoms with Crippen LogP contribution in [0.2, 0.25) is 0 Å². The molecule has 0 spiro atoms. The molecule has 6 nitrogen and oxygen atoms in total. The van der Waals surface area contributed by atoms with Crippen molar-refractivity contribution in [1.29, 1.82) is 0 Å². The molecule has 0 aliphatic heterocycles. The molecule has 2 heterocycles. The zero-order chi connectivity index (χ0) is 15.7. The van der Waals surface area contributed by atoms with E-state index in [4.69, 9.17) is 4.74 Å². The van der Waals surface area contributed by atoms with Crippen LogP contribution in [0.25, 0.3) is 11.2 Å². The second-order valence-electron chi connectivity index (χ2n) is 6.25. The Labute approximate surface area is 129 Å². The van der Waals surface area contributed by atoms with E-state index in [-0.39, 0.29) is 5.41 Å². The average Bonchev–Trinajstić information content (AvgIpc) is 2.89. The van der Waals surface area contributed by atoms with Gasteiger partial charge in [-0.3, -0.25) is 0 Å². The predicted molar refractivity (Wildman–Crippen MR) is 83.9 cm³/mol. The van der Waals surface area contributed by atoms with Gasteiger partial charge in [-0.1, -0.05) is 38.1 Å². The summed E-state index contributed by atoms with van der Waals surface area (Å²) in [5, 5.41) is 8.32. The Bertz CT molecular complexity index is 786. The summed E-state index contributed by atoms with van der Waals surface area (Å²) in [6.07, 6.45) is 1.74. The van der Waals surface area contributed by atoms with Crippen molar-refractivity contribution < 1.29 is 4.74 Å². The minimum Gasteiger partial charge on any atom is -0.497 e. The SMILES string of the molecule is COc1ccc(Cn2nnc3cnc(C(C)(C)C)nc32)cc1. The molecule has 22 heavy (non-hydrogen) atoms. The first-order valence-electron chi connectivity index (χ1n) is 7.17. The minimum absolute atomic E-state index is 0.108. The van der Waals surface area contributed by atoms with Gasteiger partial charge in [-0.15, -0.1) is 5.10 Å². The normalized spacial score (nSPS) is 11.8. The van der Waals surface area contributed by atoms with Crippen molar-refractivity contribution in [1.82, 2.24) is 25.0 Å². The third kappa shape index (κ3) is 2.77. The van der Waals surface area contributed by atoms with Crippen LogP contribution in [-0.4, -0.2) is 32.1 Å². The number of nitrogens with zero attached hydrogens (tertiary/aromatic N) is 5. The third-order valence-corrected chi connectivity index (χ3v) is 3.42. The summed E-state index contributed by atoms with van der Waals surface area (Å²) in [6, 6.07) is 7.89. The first kappa shape index (κ1) is 14.4. The number of rotatable bonds is 3. The molecule has 0 radical (unpaired) electrons. The van der Waals surface area contributed by atoms with Gasteiger partial charge in [-0.05, 0) is 17.7 Å². The molecule has 0 saturated carbocycles. The van der Waals surface area contributed by atoms with Gasteiger partial charge in [0.05, 0.1) is 19.9 Å². The molecule has 1 aromatic carbocycles. The van der Waals surface area contributed by atoms with Crippen molar-refractivity contribution in [2.45, 2.75) is 32.7 Å². The number of methoxy groups -OCH3 is 1. The van der Waals surface area contributed by atoms with E-state index in [0.717, 1.165) is 22.8 Å². The number of hydrogen-bond acceptors (Lipinski definition) is 5. The molecule has 0 amide bonds. The maximum Gasteiger partial charge on any atom is 0.182 e. The second-order valence-corrected chi connectivity index (χ2v) is 6.25. The fourth-order valence-corrected chi connectivity index (χ4v) is 2.14. The van der Waals surface area contributed by atoms with Gasteiger partial charge >= 0.3 is 0 Å². The van der Waals surface area contributed by atoms with Crippen LogP contribution in [0.4, 0.5) is 0 Å². The predicted octanol–water partition coefficient (Wildman–Crippen LogP) is 2.58. The first-order valence-corrected chi connectivity index (χ1v) is 7.17. The maximum atomic E-state index is 5.17. The molecule has 0 N–H and O–H groups in total. The highest BCUT2D eigenvalue weighted by Gasteiger charge is 2.19. The highest BCUT2D eigenvalue weighted by Crippen LogP contribution is 2.20. The van der Waals surface area contributed by atoms with Crippen LogP contribution in [0.1, 0.15) is 32.2 Å². The van der Waals surface area contributed by atoms with E-state index in [2.05, 4.69) is 41.1 Å². The Morgan fingerprint density at radius 2 is 1.86 bits per heavy atom. The fraction of sp³-hybridized carbons (Fsp3) is 0.375. The van der Waals surface area contributed by atoms with Gasteiger partial charge in [0, 0.05) is 5.41 Å².